The molecular weight excluding hydrogens is 526 g/mol. The average Bonchev–Trinajstić information content (AvgIpc) is 3.41. The van der Waals surface area contributed by atoms with Crippen molar-refractivity contribution in [3.63, 3.8) is 0 Å². The lowest BCUT2D eigenvalue weighted by Gasteiger charge is -2.23. The summed E-state index contributed by atoms with van der Waals surface area (Å²) in [6, 6.07) is 31.0. The minimum Gasteiger partial charge on any atom is -0.279 e. The van der Waals surface area contributed by atoms with Crippen molar-refractivity contribution in [1.29, 1.82) is 0 Å². The third-order valence-corrected chi connectivity index (χ3v) is 9.51. The number of hydrogen-bond donors (Lipinski definition) is 0. The van der Waals surface area contributed by atoms with Crippen molar-refractivity contribution in [3.8, 4) is 0 Å². The molecule has 6 nitrogen and oxygen atoms in total. The van der Waals surface area contributed by atoms with Gasteiger partial charge in [-0.15, -0.1) is 0 Å². The Morgan fingerprint density at radius 1 is 0.821 bits per heavy atom. The maximum absolute atomic E-state index is 13.9. The minimum absolute atomic E-state index is 0.131. The molecule has 5 aromatic rings. The second-order valence-corrected chi connectivity index (χ2v) is 11.9. The molecule has 198 valence electrons. The molecule has 0 aliphatic carbocycles. The van der Waals surface area contributed by atoms with Crippen molar-refractivity contribution in [2.45, 2.75) is 31.7 Å². The summed E-state index contributed by atoms with van der Waals surface area (Å²) < 4.78 is 29.2. The summed E-state index contributed by atoms with van der Waals surface area (Å²) in [6.45, 7) is 4.52. The van der Waals surface area contributed by atoms with Crippen molar-refractivity contribution in [2.75, 3.05) is 15.7 Å². The van der Waals surface area contributed by atoms with E-state index in [4.69, 9.17) is 4.98 Å². The van der Waals surface area contributed by atoms with Gasteiger partial charge in [-0.25, -0.2) is 13.4 Å². The Balaban J connectivity index is 1.49. The predicted molar refractivity (Wildman–Crippen MR) is 159 cm³/mol. The molecular formula is C31H29N3O3S2. The zero-order chi connectivity index (χ0) is 27.4. The molecule has 8 heteroatoms. The first kappa shape index (κ1) is 26.6. The molecule has 5 rings (SSSR count). The maximum atomic E-state index is 13.9. The number of nitrogens with zero attached hydrogens (tertiary/aromatic N) is 3. The number of hydrogen-bond acceptors (Lipinski definition) is 5. The number of carbonyl (C=O) groups excluding carboxylic acids is 1. The number of aromatic nitrogens is 1. The van der Waals surface area contributed by atoms with Gasteiger partial charge in [-0.05, 0) is 66.9 Å². The molecule has 4 aromatic carbocycles. The van der Waals surface area contributed by atoms with Gasteiger partial charge in [-0.3, -0.25) is 14.0 Å². The standard InChI is InChI=1S/C31H29N3O3S2/c1-3-24-14-11-17-28-29(24)32-31(38-28)33(22-23-12-7-5-8-13-23)30(35)25-18-20-27(21-19-25)39(36,37)34(4-2)26-15-9-6-10-16-26/h5-21H,3-4,22H2,1-2H3. The van der Waals surface area contributed by atoms with Crippen LogP contribution in [0.4, 0.5) is 10.8 Å². The van der Waals surface area contributed by atoms with Crippen LogP contribution in [0.15, 0.2) is 108 Å². The molecule has 0 saturated heterocycles. The molecule has 0 bridgehead atoms. The first-order valence-corrected chi connectivity index (χ1v) is 15.1. The van der Waals surface area contributed by atoms with Crippen LogP contribution in [0.1, 0.15) is 35.3 Å². The van der Waals surface area contributed by atoms with Gasteiger partial charge in [0, 0.05) is 12.1 Å². The normalized spacial score (nSPS) is 11.4. The average molecular weight is 556 g/mol. The summed E-state index contributed by atoms with van der Waals surface area (Å²) in [5.74, 6) is -0.240. The van der Waals surface area contributed by atoms with E-state index in [1.807, 2.05) is 60.7 Å². The van der Waals surface area contributed by atoms with E-state index in [9.17, 15) is 13.2 Å². The highest BCUT2D eigenvalue weighted by Crippen LogP contribution is 2.33. The summed E-state index contributed by atoms with van der Waals surface area (Å²) in [5, 5.41) is 0.609. The van der Waals surface area contributed by atoms with E-state index >= 15 is 0 Å². The number of fused-ring (bicyclic) bond motifs is 1. The molecule has 0 N–H and O–H groups in total. The molecule has 39 heavy (non-hydrogen) atoms. The van der Waals surface area contributed by atoms with E-state index < -0.39 is 10.0 Å². The van der Waals surface area contributed by atoms with Crippen LogP contribution < -0.4 is 9.21 Å². The number of aryl methyl sites for hydroxylation is 1. The van der Waals surface area contributed by atoms with Crippen LogP contribution in [0, 0.1) is 0 Å². The van der Waals surface area contributed by atoms with Crippen LogP contribution in [0.25, 0.3) is 10.2 Å². The van der Waals surface area contributed by atoms with E-state index in [1.165, 1.54) is 27.8 Å². The van der Waals surface area contributed by atoms with Crippen molar-refractivity contribution < 1.29 is 13.2 Å². The first-order chi connectivity index (χ1) is 18.9. The Bertz CT molecular complexity index is 1680. The zero-order valence-corrected chi connectivity index (χ0v) is 23.5. The maximum Gasteiger partial charge on any atom is 0.264 e. The van der Waals surface area contributed by atoms with Crippen LogP contribution in [0.5, 0.6) is 0 Å². The van der Waals surface area contributed by atoms with Crippen molar-refractivity contribution >= 4 is 48.3 Å². The number of amides is 1. The van der Waals surface area contributed by atoms with Gasteiger partial charge in [0.05, 0.1) is 27.3 Å². The molecule has 1 heterocycles. The van der Waals surface area contributed by atoms with E-state index in [-0.39, 0.29) is 17.3 Å². The smallest absolute Gasteiger partial charge is 0.264 e. The minimum atomic E-state index is -3.79. The highest BCUT2D eigenvalue weighted by Gasteiger charge is 2.26. The fourth-order valence-electron chi connectivity index (χ4n) is 4.53. The zero-order valence-electron chi connectivity index (χ0n) is 21.8. The highest BCUT2D eigenvalue weighted by atomic mass is 32.2. The Morgan fingerprint density at radius 2 is 1.49 bits per heavy atom. The van der Waals surface area contributed by atoms with Crippen LogP contribution in [0.2, 0.25) is 0 Å². The van der Waals surface area contributed by atoms with Gasteiger partial charge in [-0.2, -0.15) is 0 Å². The molecule has 0 saturated carbocycles. The third-order valence-electron chi connectivity index (χ3n) is 6.55. The molecule has 0 fully saturated rings. The van der Waals surface area contributed by atoms with Crippen LogP contribution in [-0.4, -0.2) is 25.9 Å². The van der Waals surface area contributed by atoms with Crippen molar-refractivity contribution in [1.82, 2.24) is 4.98 Å². The Hall–Kier alpha value is -4.01. The Morgan fingerprint density at radius 3 is 2.13 bits per heavy atom. The van der Waals surface area contributed by atoms with Gasteiger partial charge < -0.3 is 0 Å². The van der Waals surface area contributed by atoms with Gasteiger partial charge >= 0.3 is 0 Å². The fourth-order valence-corrected chi connectivity index (χ4v) is 7.01. The molecule has 0 atom stereocenters. The lowest BCUT2D eigenvalue weighted by molar-refractivity contribution is 0.0985. The van der Waals surface area contributed by atoms with Crippen LogP contribution in [-0.2, 0) is 23.0 Å². The van der Waals surface area contributed by atoms with Gasteiger partial charge in [0.1, 0.15) is 0 Å². The topological polar surface area (TPSA) is 70.6 Å². The SMILES string of the molecule is CCc1cccc2sc(N(Cc3ccccc3)C(=O)c3ccc(S(=O)(=O)N(CC)c4ccccc4)cc3)nc12. The Kier molecular flexibility index (Phi) is 7.77. The second-order valence-electron chi connectivity index (χ2n) is 9.02. The first-order valence-electron chi connectivity index (χ1n) is 12.8. The van der Waals surface area contributed by atoms with Gasteiger partial charge in [0.2, 0.25) is 0 Å². The second kappa shape index (κ2) is 11.4. The molecule has 0 unspecified atom stereocenters. The quantitative estimate of drug-likeness (QED) is 0.198. The monoisotopic (exact) mass is 555 g/mol. The van der Waals surface area contributed by atoms with Gasteiger partial charge in [-0.1, -0.05) is 78.9 Å². The molecule has 1 aromatic heterocycles. The molecule has 1 amide bonds. The van der Waals surface area contributed by atoms with Crippen LogP contribution >= 0.6 is 11.3 Å². The summed E-state index contributed by atoms with van der Waals surface area (Å²) in [4.78, 5) is 20.6. The lowest BCUT2D eigenvalue weighted by Crippen LogP contribution is -2.31. The Labute approximate surface area is 233 Å². The van der Waals surface area contributed by atoms with E-state index in [0.29, 0.717) is 22.9 Å². The van der Waals surface area contributed by atoms with Gasteiger partial charge in [0.25, 0.3) is 15.9 Å². The number of para-hydroxylation sites is 2. The summed E-state index contributed by atoms with van der Waals surface area (Å²) in [5.41, 5.74) is 4.00. The van der Waals surface area contributed by atoms with Crippen LogP contribution in [0.3, 0.4) is 0 Å². The number of thiazole rings is 1. The third kappa shape index (κ3) is 5.44. The number of rotatable bonds is 9. The largest absolute Gasteiger partial charge is 0.279 e. The van der Waals surface area contributed by atoms with E-state index in [2.05, 4.69) is 13.0 Å². The number of sulfonamides is 1. The predicted octanol–water partition coefficient (Wildman–Crippen LogP) is 6.92. The lowest BCUT2D eigenvalue weighted by atomic mass is 10.1. The highest BCUT2D eigenvalue weighted by molar-refractivity contribution is 7.92. The summed E-state index contributed by atoms with van der Waals surface area (Å²) in [7, 11) is -3.79. The number of carbonyl (C=O) groups is 1. The van der Waals surface area contributed by atoms with E-state index in [0.717, 1.165) is 27.8 Å². The van der Waals surface area contributed by atoms with Gasteiger partial charge in [0.15, 0.2) is 5.13 Å². The fraction of sp³-hybridized carbons (Fsp3) is 0.161. The molecule has 0 radical (unpaired) electrons. The number of anilines is 2. The molecule has 0 spiro atoms. The number of benzene rings is 4. The molecule has 0 aliphatic rings. The van der Waals surface area contributed by atoms with E-state index in [1.54, 1.807) is 36.1 Å². The van der Waals surface area contributed by atoms with Crippen molar-refractivity contribution in [3.05, 3.63) is 120 Å². The molecule has 0 aliphatic heterocycles. The summed E-state index contributed by atoms with van der Waals surface area (Å²) in [6.07, 6.45) is 0.848. The summed E-state index contributed by atoms with van der Waals surface area (Å²) >= 11 is 1.48. The van der Waals surface area contributed by atoms with Crippen molar-refractivity contribution in [2.24, 2.45) is 0 Å².